The zero-order valence-corrected chi connectivity index (χ0v) is 12.1. The van der Waals surface area contributed by atoms with Crippen molar-refractivity contribution in [3.05, 3.63) is 0 Å². The Kier molecular flexibility index (Phi) is 9.22. The van der Waals surface area contributed by atoms with Crippen molar-refractivity contribution in [1.29, 1.82) is 0 Å². The first-order valence-corrected chi connectivity index (χ1v) is 6.56. The molecule has 0 radical (unpaired) electrons. The normalized spacial score (nSPS) is 12.8. The predicted octanol–water partition coefficient (Wildman–Crippen LogP) is -4.55. The van der Waals surface area contributed by atoms with Crippen molar-refractivity contribution in [3.63, 3.8) is 0 Å². The summed E-state index contributed by atoms with van der Waals surface area (Å²) in [5, 5.41) is 13.3. The van der Waals surface area contributed by atoms with Crippen LogP contribution in [-0.2, 0) is 14.4 Å². The van der Waals surface area contributed by atoms with E-state index in [4.69, 9.17) is 28.0 Å². The largest absolute Gasteiger partial charge is 0.394 e. The van der Waals surface area contributed by atoms with E-state index in [1.807, 2.05) is 0 Å². The molecule has 0 aromatic carbocycles. The molecule has 0 aromatic heterocycles. The van der Waals surface area contributed by atoms with E-state index in [1.54, 1.807) is 0 Å². The molecule has 11 nitrogen and oxygen atoms in total. The van der Waals surface area contributed by atoms with Gasteiger partial charge in [0.05, 0.1) is 19.2 Å². The number of carbonyl (C=O) groups excluding carboxylic acids is 3. The second-order valence-electron chi connectivity index (χ2n) is 4.48. The maximum Gasteiger partial charge on any atom is 0.242 e. The van der Waals surface area contributed by atoms with Crippen LogP contribution in [0.2, 0.25) is 0 Å². The minimum absolute atomic E-state index is 0.0393. The first-order chi connectivity index (χ1) is 10.3. The van der Waals surface area contributed by atoms with Crippen LogP contribution < -0.4 is 33.6 Å². The average Bonchev–Trinajstić information content (AvgIpc) is 2.45. The number of amides is 3. The molecule has 22 heavy (non-hydrogen) atoms. The molecule has 0 heterocycles. The lowest BCUT2D eigenvalue weighted by Crippen LogP contribution is -2.51. The van der Waals surface area contributed by atoms with Gasteiger partial charge in [0.25, 0.3) is 0 Å². The highest BCUT2D eigenvalue weighted by atomic mass is 16.3. The van der Waals surface area contributed by atoms with Crippen LogP contribution >= 0.6 is 0 Å². The average molecular weight is 317 g/mol. The van der Waals surface area contributed by atoms with Crippen LogP contribution in [0.4, 0.5) is 0 Å². The molecule has 0 aliphatic carbocycles. The summed E-state index contributed by atoms with van der Waals surface area (Å²) in [6, 6.07) is -2.01. The summed E-state index contributed by atoms with van der Waals surface area (Å²) in [7, 11) is 0. The number of aliphatic hydroxyl groups is 1. The van der Waals surface area contributed by atoms with E-state index in [0.29, 0.717) is 19.4 Å². The number of nitrogens with zero attached hydrogens (tertiary/aromatic N) is 1. The number of rotatable bonds is 10. The van der Waals surface area contributed by atoms with Gasteiger partial charge in [-0.15, -0.1) is 0 Å². The molecule has 0 aromatic rings. The maximum atomic E-state index is 11.6. The van der Waals surface area contributed by atoms with Gasteiger partial charge in [-0.05, 0) is 12.8 Å². The number of aliphatic hydroxyl groups excluding tert-OH is 1. The molecule has 0 aliphatic rings. The molecule has 11 heteroatoms. The monoisotopic (exact) mass is 317 g/mol. The Hall–Kier alpha value is -2.40. The third-order valence-electron chi connectivity index (χ3n) is 2.59. The molecule has 0 aliphatic heterocycles. The second kappa shape index (κ2) is 10.3. The molecule has 0 saturated heterocycles. The SMILES string of the molecule is NC(=O)[C@H](CO)NC(=O)CNC(=O)[C@@H](N)CCCN=C(N)N. The Morgan fingerprint density at radius 3 is 2.32 bits per heavy atom. The Balaban J connectivity index is 4.03. The highest BCUT2D eigenvalue weighted by Gasteiger charge is 2.18. The Morgan fingerprint density at radius 2 is 1.82 bits per heavy atom. The van der Waals surface area contributed by atoms with E-state index in [0.717, 1.165) is 0 Å². The summed E-state index contributed by atoms with van der Waals surface area (Å²) in [4.78, 5) is 37.6. The molecule has 0 fully saturated rings. The van der Waals surface area contributed by atoms with Crippen LogP contribution in [-0.4, -0.2) is 60.6 Å². The van der Waals surface area contributed by atoms with Gasteiger partial charge in [-0.25, -0.2) is 0 Å². The fourth-order valence-electron chi connectivity index (χ4n) is 1.40. The Labute approximate surface area is 127 Å². The molecular weight excluding hydrogens is 294 g/mol. The minimum Gasteiger partial charge on any atom is -0.394 e. The van der Waals surface area contributed by atoms with Gasteiger partial charge in [0.2, 0.25) is 17.7 Å². The van der Waals surface area contributed by atoms with Gasteiger partial charge >= 0.3 is 0 Å². The number of primary amides is 1. The number of nitrogens with two attached hydrogens (primary N) is 4. The number of aliphatic imine (C=N–C) groups is 1. The molecular formula is C11H23N7O4. The van der Waals surface area contributed by atoms with Crippen molar-refractivity contribution in [2.24, 2.45) is 27.9 Å². The van der Waals surface area contributed by atoms with Gasteiger partial charge < -0.3 is 38.7 Å². The molecule has 126 valence electrons. The summed E-state index contributed by atoms with van der Waals surface area (Å²) in [5.41, 5.74) is 20.9. The standard InChI is InChI=1S/C11H23N7O4/c12-6(2-1-3-16-11(14)15)10(22)17-4-8(20)18-7(5-19)9(13)21/h6-7,19H,1-5,12H2,(H2,13,21)(H,17,22)(H,18,20)(H4,14,15,16)/t6-,7-/m0/s1. The lowest BCUT2D eigenvalue weighted by atomic mass is 10.1. The van der Waals surface area contributed by atoms with Gasteiger partial charge in [-0.3, -0.25) is 19.4 Å². The molecule has 0 saturated carbocycles. The van der Waals surface area contributed by atoms with E-state index in [1.165, 1.54) is 0 Å². The first-order valence-electron chi connectivity index (χ1n) is 6.56. The fraction of sp³-hybridized carbons (Fsp3) is 0.636. The van der Waals surface area contributed by atoms with Gasteiger partial charge in [0.1, 0.15) is 6.04 Å². The summed E-state index contributed by atoms with van der Waals surface area (Å²) in [6.45, 7) is -0.663. The third-order valence-corrected chi connectivity index (χ3v) is 2.59. The van der Waals surface area contributed by atoms with Crippen molar-refractivity contribution in [1.82, 2.24) is 10.6 Å². The van der Waals surface area contributed by atoms with E-state index < -0.39 is 36.4 Å². The highest BCUT2D eigenvalue weighted by molar-refractivity contribution is 5.90. The third kappa shape index (κ3) is 8.71. The van der Waals surface area contributed by atoms with Crippen LogP contribution in [0.3, 0.4) is 0 Å². The molecule has 0 rings (SSSR count). The van der Waals surface area contributed by atoms with Crippen molar-refractivity contribution < 1.29 is 19.5 Å². The molecule has 0 bridgehead atoms. The zero-order chi connectivity index (χ0) is 17.1. The molecule has 0 unspecified atom stereocenters. The van der Waals surface area contributed by atoms with Crippen molar-refractivity contribution in [2.45, 2.75) is 24.9 Å². The van der Waals surface area contributed by atoms with Crippen LogP contribution in [0.25, 0.3) is 0 Å². The summed E-state index contributed by atoms with van der Waals surface area (Å²) in [6.07, 6.45) is 0.845. The van der Waals surface area contributed by atoms with Gasteiger partial charge in [0.15, 0.2) is 5.96 Å². The number of hydrogen-bond donors (Lipinski definition) is 7. The van der Waals surface area contributed by atoms with E-state index in [9.17, 15) is 14.4 Å². The van der Waals surface area contributed by atoms with Gasteiger partial charge in [-0.1, -0.05) is 0 Å². The van der Waals surface area contributed by atoms with Crippen LogP contribution in [0.5, 0.6) is 0 Å². The summed E-state index contributed by atoms with van der Waals surface area (Å²) < 4.78 is 0. The zero-order valence-electron chi connectivity index (χ0n) is 12.1. The fourth-order valence-corrected chi connectivity index (χ4v) is 1.40. The quantitative estimate of drug-likeness (QED) is 0.119. The lowest BCUT2D eigenvalue weighted by Gasteiger charge is -2.14. The van der Waals surface area contributed by atoms with Gasteiger partial charge in [0, 0.05) is 6.54 Å². The summed E-state index contributed by atoms with van der Waals surface area (Å²) in [5.74, 6) is -2.11. The maximum absolute atomic E-state index is 11.6. The topological polar surface area (TPSA) is 212 Å². The smallest absolute Gasteiger partial charge is 0.242 e. The van der Waals surface area contributed by atoms with Crippen molar-refractivity contribution in [3.8, 4) is 0 Å². The number of hydrogen-bond acceptors (Lipinski definition) is 6. The predicted molar refractivity (Wildman–Crippen MR) is 79.1 cm³/mol. The molecule has 3 amide bonds. The van der Waals surface area contributed by atoms with E-state index in [-0.39, 0.29) is 12.5 Å². The first kappa shape index (κ1) is 19.6. The number of carbonyl (C=O) groups is 3. The van der Waals surface area contributed by atoms with Crippen LogP contribution in [0, 0.1) is 0 Å². The Morgan fingerprint density at radius 1 is 1.18 bits per heavy atom. The number of guanidine groups is 1. The van der Waals surface area contributed by atoms with Crippen LogP contribution in [0.15, 0.2) is 4.99 Å². The number of nitrogens with one attached hydrogen (secondary N) is 2. The van der Waals surface area contributed by atoms with Crippen molar-refractivity contribution >= 4 is 23.7 Å². The Bertz CT molecular complexity index is 423. The highest BCUT2D eigenvalue weighted by Crippen LogP contribution is 1.95. The minimum atomic E-state index is -1.20. The summed E-state index contributed by atoms with van der Waals surface area (Å²) >= 11 is 0. The van der Waals surface area contributed by atoms with Crippen LogP contribution in [0.1, 0.15) is 12.8 Å². The molecule has 2 atom stereocenters. The van der Waals surface area contributed by atoms with Crippen molar-refractivity contribution in [2.75, 3.05) is 19.7 Å². The second-order valence-corrected chi connectivity index (χ2v) is 4.48. The lowest BCUT2D eigenvalue weighted by molar-refractivity contribution is -0.129. The van der Waals surface area contributed by atoms with E-state index >= 15 is 0 Å². The molecule has 11 N–H and O–H groups in total. The van der Waals surface area contributed by atoms with E-state index in [2.05, 4.69) is 15.6 Å². The van der Waals surface area contributed by atoms with Gasteiger partial charge in [-0.2, -0.15) is 0 Å². The molecule has 0 spiro atoms.